The summed E-state index contributed by atoms with van der Waals surface area (Å²) in [5, 5.41) is 11.0. The molecule has 1 aliphatic rings. The van der Waals surface area contributed by atoms with Gasteiger partial charge in [0.2, 0.25) is 11.8 Å². The second-order valence-electron chi connectivity index (χ2n) is 5.15. The highest BCUT2D eigenvalue weighted by Crippen LogP contribution is 2.31. The molecule has 1 atom stereocenters. The molecule has 0 fully saturated rings. The van der Waals surface area contributed by atoms with Gasteiger partial charge in [-0.15, -0.1) is 10.2 Å². The number of amides is 2. The molecule has 1 aliphatic heterocycles. The first-order valence-electron chi connectivity index (χ1n) is 7.35. The summed E-state index contributed by atoms with van der Waals surface area (Å²) in [4.78, 5) is 26.2. The number of hydrogen-bond acceptors (Lipinski definition) is 5. The number of thioether (sulfide) groups is 1. The number of rotatable bonds is 4. The second-order valence-corrected chi connectivity index (χ2v) is 6.46. The van der Waals surface area contributed by atoms with Gasteiger partial charge in [-0.05, 0) is 26.0 Å². The molecule has 2 amide bonds. The highest BCUT2D eigenvalue weighted by molar-refractivity contribution is 8.00. The molecule has 0 bridgehead atoms. The number of carbonyl (C=O) groups excluding carboxylic acids is 2. The van der Waals surface area contributed by atoms with E-state index in [1.54, 1.807) is 12.4 Å². The molecule has 2 heterocycles. The first-order chi connectivity index (χ1) is 11.1. The zero-order valence-electron chi connectivity index (χ0n) is 12.9. The van der Waals surface area contributed by atoms with Gasteiger partial charge in [-0.1, -0.05) is 23.9 Å². The molecule has 3 rings (SSSR count). The van der Waals surface area contributed by atoms with Crippen molar-refractivity contribution in [2.75, 3.05) is 16.8 Å². The van der Waals surface area contributed by atoms with Gasteiger partial charge >= 0.3 is 0 Å². The molecule has 0 saturated heterocycles. The summed E-state index contributed by atoms with van der Waals surface area (Å²) in [5.74, 6) is -0.311. The largest absolute Gasteiger partial charge is 0.323 e. The third-order valence-corrected chi connectivity index (χ3v) is 4.67. The van der Waals surface area contributed by atoms with Crippen molar-refractivity contribution in [2.24, 2.45) is 0 Å². The molecule has 2 aromatic rings. The number of benzene rings is 1. The Morgan fingerprint density at radius 3 is 3.00 bits per heavy atom. The molecule has 8 heteroatoms. The van der Waals surface area contributed by atoms with Crippen LogP contribution in [0.15, 0.2) is 35.7 Å². The van der Waals surface area contributed by atoms with Gasteiger partial charge in [0, 0.05) is 6.54 Å². The normalized spacial score (nSPS) is 15.0. The maximum atomic E-state index is 12.8. The fraction of sp³-hybridized carbons (Fsp3) is 0.333. The van der Waals surface area contributed by atoms with E-state index in [4.69, 9.17) is 0 Å². The van der Waals surface area contributed by atoms with E-state index in [0.717, 1.165) is 12.2 Å². The van der Waals surface area contributed by atoms with Crippen molar-refractivity contribution in [1.29, 1.82) is 0 Å². The van der Waals surface area contributed by atoms with Crippen LogP contribution < -0.4 is 10.2 Å². The summed E-state index contributed by atoms with van der Waals surface area (Å²) in [6, 6.07) is 7.30. The lowest BCUT2D eigenvalue weighted by molar-refractivity contribution is -0.121. The van der Waals surface area contributed by atoms with Crippen molar-refractivity contribution < 1.29 is 9.59 Å². The number of nitrogens with zero attached hydrogens (tertiary/aromatic N) is 4. The van der Waals surface area contributed by atoms with Crippen molar-refractivity contribution in [3.8, 4) is 0 Å². The maximum absolute atomic E-state index is 12.8. The SMILES string of the molecule is CCn1cnnc1S[C@H](C)C(=O)N1CC(=O)Nc2ccccc21. The minimum atomic E-state index is -0.372. The molecule has 0 aliphatic carbocycles. The van der Waals surface area contributed by atoms with Crippen molar-refractivity contribution in [1.82, 2.24) is 14.8 Å². The Kier molecular flexibility index (Phi) is 4.33. The third kappa shape index (κ3) is 3.07. The van der Waals surface area contributed by atoms with Gasteiger partial charge in [0.25, 0.3) is 0 Å². The fourth-order valence-corrected chi connectivity index (χ4v) is 3.36. The van der Waals surface area contributed by atoms with Gasteiger partial charge in [-0.2, -0.15) is 0 Å². The Morgan fingerprint density at radius 2 is 2.22 bits per heavy atom. The standard InChI is InChI=1S/C15H17N5O2S/c1-3-19-9-16-18-15(19)23-10(2)14(22)20-8-13(21)17-11-6-4-5-7-12(11)20/h4-7,9-10H,3,8H2,1-2H3,(H,17,21)/t10-/m1/s1. The molecule has 0 saturated carbocycles. The predicted molar refractivity (Wildman–Crippen MR) is 88.4 cm³/mol. The van der Waals surface area contributed by atoms with Crippen LogP contribution in [-0.2, 0) is 16.1 Å². The van der Waals surface area contributed by atoms with Crippen molar-refractivity contribution in [3.05, 3.63) is 30.6 Å². The maximum Gasteiger partial charge on any atom is 0.244 e. The Balaban J connectivity index is 1.81. The van der Waals surface area contributed by atoms with E-state index in [2.05, 4.69) is 15.5 Å². The van der Waals surface area contributed by atoms with Crippen LogP contribution in [0.4, 0.5) is 11.4 Å². The highest BCUT2D eigenvalue weighted by atomic mass is 32.2. The molecule has 23 heavy (non-hydrogen) atoms. The van der Waals surface area contributed by atoms with Crippen LogP contribution in [0.25, 0.3) is 0 Å². The van der Waals surface area contributed by atoms with Crippen molar-refractivity contribution in [2.45, 2.75) is 30.8 Å². The smallest absolute Gasteiger partial charge is 0.244 e. The first-order valence-corrected chi connectivity index (χ1v) is 8.23. The van der Waals surface area contributed by atoms with E-state index in [1.165, 1.54) is 16.7 Å². The molecule has 1 aromatic heterocycles. The van der Waals surface area contributed by atoms with E-state index >= 15 is 0 Å². The number of hydrogen-bond donors (Lipinski definition) is 1. The number of carbonyl (C=O) groups is 2. The van der Waals surface area contributed by atoms with Gasteiger partial charge in [-0.25, -0.2) is 0 Å². The number of anilines is 2. The Morgan fingerprint density at radius 1 is 1.43 bits per heavy atom. The van der Waals surface area contributed by atoms with Gasteiger partial charge in [0.1, 0.15) is 12.9 Å². The van der Waals surface area contributed by atoms with Gasteiger partial charge in [0.15, 0.2) is 5.16 Å². The van der Waals surface area contributed by atoms with Crippen LogP contribution in [0.3, 0.4) is 0 Å². The zero-order chi connectivity index (χ0) is 16.4. The van der Waals surface area contributed by atoms with Crippen molar-refractivity contribution >= 4 is 35.0 Å². The minimum Gasteiger partial charge on any atom is -0.323 e. The van der Waals surface area contributed by atoms with Crippen LogP contribution in [0, 0.1) is 0 Å². The summed E-state index contributed by atoms with van der Waals surface area (Å²) in [5.41, 5.74) is 1.38. The fourth-order valence-electron chi connectivity index (χ4n) is 2.41. The van der Waals surface area contributed by atoms with Gasteiger partial charge in [0.05, 0.1) is 16.6 Å². The summed E-state index contributed by atoms with van der Waals surface area (Å²) in [6.07, 6.45) is 1.64. The van der Waals surface area contributed by atoms with Crippen LogP contribution in [-0.4, -0.2) is 38.4 Å². The second kappa shape index (κ2) is 6.41. The first kappa shape index (κ1) is 15.5. The van der Waals surface area contributed by atoms with E-state index in [0.29, 0.717) is 10.8 Å². The van der Waals surface area contributed by atoms with Gasteiger partial charge in [-0.3, -0.25) is 14.5 Å². The Hall–Kier alpha value is -2.35. The summed E-state index contributed by atoms with van der Waals surface area (Å²) >= 11 is 1.35. The molecular weight excluding hydrogens is 314 g/mol. The molecule has 1 aromatic carbocycles. The van der Waals surface area contributed by atoms with E-state index in [1.807, 2.05) is 36.6 Å². The number of aryl methyl sites for hydroxylation is 1. The number of para-hydroxylation sites is 2. The lowest BCUT2D eigenvalue weighted by atomic mass is 10.2. The topological polar surface area (TPSA) is 80.1 Å². The van der Waals surface area contributed by atoms with Crippen LogP contribution in [0.2, 0.25) is 0 Å². The van der Waals surface area contributed by atoms with Crippen LogP contribution in [0.1, 0.15) is 13.8 Å². The zero-order valence-corrected chi connectivity index (χ0v) is 13.7. The highest BCUT2D eigenvalue weighted by Gasteiger charge is 2.30. The quantitative estimate of drug-likeness (QED) is 0.864. The summed E-state index contributed by atoms with van der Waals surface area (Å²) < 4.78 is 1.88. The third-order valence-electron chi connectivity index (χ3n) is 3.59. The molecule has 0 spiro atoms. The minimum absolute atomic E-state index is 0.0290. The molecule has 120 valence electrons. The van der Waals surface area contributed by atoms with Gasteiger partial charge < -0.3 is 9.88 Å². The summed E-state index contributed by atoms with van der Waals surface area (Å²) in [7, 11) is 0. The van der Waals surface area contributed by atoms with Crippen molar-refractivity contribution in [3.63, 3.8) is 0 Å². The van der Waals surface area contributed by atoms with E-state index in [-0.39, 0.29) is 23.6 Å². The van der Waals surface area contributed by atoms with E-state index in [9.17, 15) is 9.59 Å². The molecule has 7 nitrogen and oxygen atoms in total. The number of aromatic nitrogens is 3. The Labute approximate surface area is 138 Å². The predicted octanol–water partition coefficient (Wildman–Crippen LogP) is 1.76. The monoisotopic (exact) mass is 331 g/mol. The van der Waals surface area contributed by atoms with E-state index < -0.39 is 0 Å². The Bertz CT molecular complexity index is 745. The van der Waals surface area contributed by atoms with Crippen LogP contribution in [0.5, 0.6) is 0 Å². The number of nitrogens with one attached hydrogen (secondary N) is 1. The molecular formula is C15H17N5O2S. The number of fused-ring (bicyclic) bond motifs is 1. The lowest BCUT2D eigenvalue weighted by Crippen LogP contribution is -2.45. The average molecular weight is 331 g/mol. The molecule has 1 N–H and O–H groups in total. The molecule has 0 radical (unpaired) electrons. The van der Waals surface area contributed by atoms with Crippen LogP contribution >= 0.6 is 11.8 Å². The lowest BCUT2D eigenvalue weighted by Gasteiger charge is -2.30. The molecule has 0 unspecified atom stereocenters. The average Bonchev–Trinajstić information content (AvgIpc) is 3.00. The summed E-state index contributed by atoms with van der Waals surface area (Å²) in [6.45, 7) is 4.58.